The molecule has 8 nitrogen and oxygen atoms in total. The van der Waals surface area contributed by atoms with Crippen molar-refractivity contribution in [3.05, 3.63) is 76.7 Å². The number of carbonyl (C=O) groups is 2. The summed E-state index contributed by atoms with van der Waals surface area (Å²) in [6.07, 6.45) is 2.57. The number of amidine groups is 1. The number of furan rings is 1. The third kappa shape index (κ3) is 4.13. The Balaban J connectivity index is 1.14. The number of benzene rings is 2. The van der Waals surface area contributed by atoms with Crippen molar-refractivity contribution in [1.82, 2.24) is 5.32 Å². The number of nitrogens with one attached hydrogen (secondary N) is 1. The van der Waals surface area contributed by atoms with E-state index in [1.165, 1.54) is 0 Å². The van der Waals surface area contributed by atoms with Gasteiger partial charge in [0.2, 0.25) is 12.7 Å². The highest BCUT2D eigenvalue weighted by atomic mass is 32.2. The molecule has 0 spiro atoms. The summed E-state index contributed by atoms with van der Waals surface area (Å²) in [7, 11) is 0. The van der Waals surface area contributed by atoms with Gasteiger partial charge < -0.3 is 24.1 Å². The zero-order chi connectivity index (χ0) is 24.8. The van der Waals surface area contributed by atoms with Crippen LogP contribution in [0.2, 0.25) is 0 Å². The second kappa shape index (κ2) is 9.05. The predicted molar refractivity (Wildman–Crippen MR) is 137 cm³/mol. The van der Waals surface area contributed by atoms with Gasteiger partial charge in [0.05, 0.1) is 24.3 Å². The van der Waals surface area contributed by atoms with E-state index in [9.17, 15) is 9.59 Å². The van der Waals surface area contributed by atoms with E-state index in [0.29, 0.717) is 34.5 Å². The average Bonchev–Trinajstić information content (AvgIpc) is 3.64. The van der Waals surface area contributed by atoms with Crippen LogP contribution in [-0.2, 0) is 17.6 Å². The van der Waals surface area contributed by atoms with Gasteiger partial charge in [0.15, 0.2) is 16.7 Å². The Kier molecular flexibility index (Phi) is 5.72. The topological polar surface area (TPSA) is 93.4 Å². The molecule has 0 saturated heterocycles. The van der Waals surface area contributed by atoms with Crippen LogP contribution in [0, 0.1) is 6.92 Å². The number of nitrogens with zero attached hydrogens (tertiary/aromatic N) is 2. The lowest BCUT2D eigenvalue weighted by molar-refractivity contribution is -0.119. The smallest absolute Gasteiger partial charge is 0.261 e. The maximum absolute atomic E-state index is 13.0. The van der Waals surface area contributed by atoms with E-state index in [4.69, 9.17) is 18.9 Å². The van der Waals surface area contributed by atoms with E-state index >= 15 is 0 Å². The first-order valence-corrected chi connectivity index (χ1v) is 12.8. The van der Waals surface area contributed by atoms with E-state index in [1.54, 1.807) is 31.0 Å². The van der Waals surface area contributed by atoms with Crippen molar-refractivity contribution in [2.75, 3.05) is 18.2 Å². The summed E-state index contributed by atoms with van der Waals surface area (Å²) in [6, 6.07) is 13.4. The molecule has 36 heavy (non-hydrogen) atoms. The summed E-state index contributed by atoms with van der Waals surface area (Å²) in [5.41, 5.74) is 4.60. The molecule has 6 rings (SSSR count). The molecule has 2 aromatic carbocycles. The second-order valence-corrected chi connectivity index (χ2v) is 10.5. The van der Waals surface area contributed by atoms with Crippen LogP contribution in [-0.4, -0.2) is 35.6 Å². The Hall–Kier alpha value is -3.72. The van der Waals surface area contributed by atoms with Gasteiger partial charge in [0.1, 0.15) is 5.76 Å². The quantitative estimate of drug-likeness (QED) is 0.567. The fraction of sp³-hybridized carbons (Fsp3) is 0.296. The van der Waals surface area contributed by atoms with Crippen LogP contribution < -0.4 is 19.7 Å². The van der Waals surface area contributed by atoms with Gasteiger partial charge in [-0.2, -0.15) is 0 Å². The van der Waals surface area contributed by atoms with Crippen LogP contribution in [0.4, 0.5) is 5.69 Å². The molecule has 2 atom stereocenters. The number of amides is 2. The number of aryl methyl sites for hydroxylation is 1. The van der Waals surface area contributed by atoms with Crippen molar-refractivity contribution >= 4 is 34.4 Å². The van der Waals surface area contributed by atoms with Gasteiger partial charge in [-0.3, -0.25) is 14.6 Å². The molecule has 0 saturated carbocycles. The summed E-state index contributed by atoms with van der Waals surface area (Å²) in [5, 5.41) is 3.77. The number of aliphatic imine (C=N–C) groups is 1. The number of thioether (sulfide) groups is 1. The molecular weight excluding hydrogens is 478 g/mol. The Labute approximate surface area is 212 Å². The molecule has 0 radical (unpaired) electrons. The van der Waals surface area contributed by atoms with Crippen LogP contribution >= 0.6 is 11.8 Å². The Morgan fingerprint density at radius 1 is 1.14 bits per heavy atom. The summed E-state index contributed by atoms with van der Waals surface area (Å²) in [6.45, 7) is 4.76. The summed E-state index contributed by atoms with van der Waals surface area (Å²) in [5.74, 6) is 1.83. The van der Waals surface area contributed by atoms with Gasteiger partial charge in [-0.1, -0.05) is 36.9 Å². The van der Waals surface area contributed by atoms with Crippen LogP contribution in [0.3, 0.4) is 0 Å². The van der Waals surface area contributed by atoms with Crippen LogP contribution in [0.1, 0.15) is 45.8 Å². The van der Waals surface area contributed by atoms with Crippen molar-refractivity contribution in [3.63, 3.8) is 0 Å². The Morgan fingerprint density at radius 2 is 2.00 bits per heavy atom. The van der Waals surface area contributed by atoms with E-state index in [1.807, 2.05) is 35.2 Å². The number of ether oxygens (including phenoxy) is 2. The molecule has 3 aromatic rings. The number of fused-ring (bicyclic) bond motifs is 2. The number of rotatable bonds is 4. The van der Waals surface area contributed by atoms with Crippen molar-refractivity contribution in [2.24, 2.45) is 4.99 Å². The molecule has 0 bridgehead atoms. The molecule has 4 heterocycles. The zero-order valence-corrected chi connectivity index (χ0v) is 20.8. The third-order valence-corrected chi connectivity index (χ3v) is 7.78. The maximum atomic E-state index is 13.0. The highest BCUT2D eigenvalue weighted by Crippen LogP contribution is 2.40. The lowest BCUT2D eigenvalue weighted by Gasteiger charge is -2.18. The molecule has 2 amide bonds. The molecular formula is C27H25N3O5S. The molecule has 0 fully saturated rings. The molecule has 3 aliphatic heterocycles. The minimum atomic E-state index is -0.120. The lowest BCUT2D eigenvalue weighted by Crippen LogP contribution is -2.29. The minimum Gasteiger partial charge on any atom is -0.469 e. The third-order valence-electron chi connectivity index (χ3n) is 6.72. The van der Waals surface area contributed by atoms with Gasteiger partial charge in [0, 0.05) is 17.5 Å². The van der Waals surface area contributed by atoms with Gasteiger partial charge in [-0.15, -0.1) is 0 Å². The Morgan fingerprint density at radius 3 is 2.83 bits per heavy atom. The minimum absolute atomic E-state index is 0.0389. The summed E-state index contributed by atoms with van der Waals surface area (Å²) < 4.78 is 16.0. The first kappa shape index (κ1) is 22.7. The van der Waals surface area contributed by atoms with Crippen LogP contribution in [0.5, 0.6) is 11.5 Å². The molecule has 1 N–H and O–H groups in total. The van der Waals surface area contributed by atoms with Gasteiger partial charge in [-0.25, -0.2) is 0 Å². The second-order valence-electron chi connectivity index (χ2n) is 9.10. The SMILES string of the molecule is Cc1occc1C(=O)N1CCc2cc(C3N=C(NC(=O)Cc4ccc5c(c4)OCO5)SC3C)ccc21. The van der Waals surface area contributed by atoms with Crippen molar-refractivity contribution in [1.29, 1.82) is 0 Å². The number of hydrogen-bond acceptors (Lipinski definition) is 7. The van der Waals surface area contributed by atoms with E-state index in [0.717, 1.165) is 28.8 Å². The molecule has 2 unspecified atom stereocenters. The fourth-order valence-electron chi connectivity index (χ4n) is 4.88. The first-order valence-electron chi connectivity index (χ1n) is 11.9. The molecule has 3 aliphatic rings. The monoisotopic (exact) mass is 503 g/mol. The highest BCUT2D eigenvalue weighted by Gasteiger charge is 2.32. The molecule has 9 heteroatoms. The predicted octanol–water partition coefficient (Wildman–Crippen LogP) is 4.41. The zero-order valence-electron chi connectivity index (χ0n) is 19.9. The number of carbonyl (C=O) groups excluding carboxylic acids is 2. The van der Waals surface area contributed by atoms with Crippen molar-refractivity contribution in [3.8, 4) is 11.5 Å². The lowest BCUT2D eigenvalue weighted by atomic mass is 10.0. The van der Waals surface area contributed by atoms with E-state index < -0.39 is 0 Å². The van der Waals surface area contributed by atoms with Crippen molar-refractivity contribution < 1.29 is 23.5 Å². The fourth-order valence-corrected chi connectivity index (χ4v) is 5.92. The largest absolute Gasteiger partial charge is 0.469 e. The van der Waals surface area contributed by atoms with Crippen LogP contribution in [0.25, 0.3) is 0 Å². The molecule has 1 aromatic heterocycles. The normalized spacial score (nSPS) is 19.8. The van der Waals surface area contributed by atoms with Gasteiger partial charge in [0.25, 0.3) is 5.91 Å². The average molecular weight is 504 g/mol. The van der Waals surface area contributed by atoms with E-state index in [-0.39, 0.29) is 36.3 Å². The van der Waals surface area contributed by atoms with Gasteiger partial charge >= 0.3 is 0 Å². The standard InChI is InChI=1S/C27H25N3O5S/c1-15-20(8-10-33-15)26(32)30-9-7-18-13-19(4-5-21(18)30)25-16(2)36-27(29-25)28-24(31)12-17-3-6-22-23(11-17)35-14-34-22/h3-6,8,10-11,13,16,25H,7,9,12,14H2,1-2H3,(H,28,29,31). The molecule has 184 valence electrons. The highest BCUT2D eigenvalue weighted by molar-refractivity contribution is 8.14. The van der Waals surface area contributed by atoms with Crippen LogP contribution in [0.15, 0.2) is 58.1 Å². The summed E-state index contributed by atoms with van der Waals surface area (Å²) in [4.78, 5) is 32.3. The number of hydrogen-bond donors (Lipinski definition) is 1. The molecule has 0 aliphatic carbocycles. The number of anilines is 1. The van der Waals surface area contributed by atoms with Gasteiger partial charge in [-0.05, 0) is 54.3 Å². The summed E-state index contributed by atoms with van der Waals surface area (Å²) >= 11 is 1.56. The first-order chi connectivity index (χ1) is 17.5. The Bertz CT molecular complexity index is 1400. The van der Waals surface area contributed by atoms with Crippen molar-refractivity contribution in [2.45, 2.75) is 38.0 Å². The maximum Gasteiger partial charge on any atom is 0.261 e. The van der Waals surface area contributed by atoms with E-state index in [2.05, 4.69) is 18.3 Å².